The van der Waals surface area contributed by atoms with Crippen molar-refractivity contribution >= 4 is 45.5 Å². The van der Waals surface area contributed by atoms with Gasteiger partial charge in [0.2, 0.25) is 11.0 Å². The van der Waals surface area contributed by atoms with E-state index in [0.717, 1.165) is 20.8 Å². The van der Waals surface area contributed by atoms with Gasteiger partial charge in [0, 0.05) is 18.4 Å². The van der Waals surface area contributed by atoms with E-state index in [4.69, 9.17) is 0 Å². The van der Waals surface area contributed by atoms with E-state index < -0.39 is 0 Å². The largest absolute Gasteiger partial charge is 0.330 e. The fraction of sp³-hybridized carbons (Fsp3) is 0.211. The van der Waals surface area contributed by atoms with E-state index in [0.29, 0.717) is 5.75 Å². The molecule has 0 aliphatic heterocycles. The van der Waals surface area contributed by atoms with E-state index in [1.54, 1.807) is 11.9 Å². The maximum atomic E-state index is 12.3. The molecule has 7 heteroatoms. The fourth-order valence-electron chi connectivity index (χ4n) is 2.34. The third-order valence-electron chi connectivity index (χ3n) is 4.09. The number of carbonyl (C=O) groups excluding carboxylic acids is 1. The smallest absolute Gasteiger partial charge is 0.237 e. The average molecular weight is 385 g/mol. The molecule has 1 heterocycles. The van der Waals surface area contributed by atoms with Gasteiger partial charge in [0.15, 0.2) is 4.34 Å². The molecule has 0 atom stereocenters. The van der Waals surface area contributed by atoms with Crippen LogP contribution in [-0.4, -0.2) is 28.9 Å². The number of aryl methyl sites for hydroxylation is 1. The Morgan fingerprint density at radius 3 is 2.65 bits per heavy atom. The summed E-state index contributed by atoms with van der Waals surface area (Å²) in [6.07, 6.45) is 0. The Morgan fingerprint density at radius 2 is 1.88 bits per heavy atom. The molecule has 1 amide bonds. The van der Waals surface area contributed by atoms with Gasteiger partial charge >= 0.3 is 0 Å². The van der Waals surface area contributed by atoms with E-state index >= 15 is 0 Å². The average Bonchev–Trinajstić information content (AvgIpc) is 3.11. The van der Waals surface area contributed by atoms with Crippen molar-refractivity contribution in [1.29, 1.82) is 0 Å². The van der Waals surface area contributed by atoms with Crippen molar-refractivity contribution in [2.75, 3.05) is 23.0 Å². The van der Waals surface area contributed by atoms with Crippen LogP contribution < -0.4 is 10.2 Å². The van der Waals surface area contributed by atoms with Crippen LogP contribution in [0.25, 0.3) is 0 Å². The molecule has 0 bridgehead atoms. The molecule has 26 heavy (non-hydrogen) atoms. The first-order valence-electron chi connectivity index (χ1n) is 8.16. The molecule has 2 aromatic carbocycles. The number of amides is 1. The minimum atomic E-state index is 0.0282. The predicted octanol–water partition coefficient (Wildman–Crippen LogP) is 4.65. The summed E-state index contributed by atoms with van der Waals surface area (Å²) >= 11 is 2.85. The van der Waals surface area contributed by atoms with Crippen molar-refractivity contribution < 1.29 is 4.79 Å². The Labute approximate surface area is 161 Å². The highest BCUT2D eigenvalue weighted by atomic mass is 32.2. The number of hydrogen-bond acceptors (Lipinski definition) is 6. The second-order valence-corrected chi connectivity index (χ2v) is 8.02. The van der Waals surface area contributed by atoms with Gasteiger partial charge in [0.1, 0.15) is 0 Å². The highest BCUT2D eigenvalue weighted by Gasteiger charge is 2.13. The Morgan fingerprint density at radius 1 is 1.12 bits per heavy atom. The van der Waals surface area contributed by atoms with Gasteiger partial charge in [-0.2, -0.15) is 0 Å². The highest BCUT2D eigenvalue weighted by molar-refractivity contribution is 8.01. The molecule has 0 aliphatic rings. The van der Waals surface area contributed by atoms with Gasteiger partial charge in [0.05, 0.1) is 5.75 Å². The number of hydrogen-bond donors (Lipinski definition) is 1. The van der Waals surface area contributed by atoms with Crippen molar-refractivity contribution in [3.8, 4) is 0 Å². The Hall–Kier alpha value is -2.38. The number of carbonyl (C=O) groups is 1. The second kappa shape index (κ2) is 8.33. The molecule has 0 unspecified atom stereocenters. The maximum Gasteiger partial charge on any atom is 0.237 e. The lowest BCUT2D eigenvalue weighted by atomic mass is 10.1. The van der Waals surface area contributed by atoms with Gasteiger partial charge in [-0.3, -0.25) is 4.79 Å². The third kappa shape index (κ3) is 4.42. The number of nitrogens with one attached hydrogen (secondary N) is 1. The first-order valence-corrected chi connectivity index (χ1v) is 9.96. The second-order valence-electron chi connectivity index (χ2n) is 5.82. The highest BCUT2D eigenvalue weighted by Crippen LogP contribution is 2.29. The van der Waals surface area contributed by atoms with E-state index in [1.807, 2.05) is 42.5 Å². The van der Waals surface area contributed by atoms with Crippen molar-refractivity contribution in [2.45, 2.75) is 18.2 Å². The number of aromatic nitrogens is 2. The molecule has 0 saturated carbocycles. The van der Waals surface area contributed by atoms with Crippen molar-refractivity contribution in [2.24, 2.45) is 0 Å². The minimum Gasteiger partial charge on any atom is -0.330 e. The fourth-order valence-corrected chi connectivity index (χ4v) is 4.01. The van der Waals surface area contributed by atoms with Crippen LogP contribution in [0.3, 0.4) is 0 Å². The Bertz CT molecular complexity index is 896. The lowest BCUT2D eigenvalue weighted by Crippen LogP contribution is -2.27. The summed E-state index contributed by atoms with van der Waals surface area (Å²) in [5.74, 6) is 0.351. The predicted molar refractivity (Wildman–Crippen MR) is 110 cm³/mol. The summed E-state index contributed by atoms with van der Waals surface area (Å²) in [7, 11) is 1.78. The zero-order valence-corrected chi connectivity index (χ0v) is 16.5. The lowest BCUT2D eigenvalue weighted by Gasteiger charge is -2.16. The molecular formula is C19H20N4OS2. The normalized spacial score (nSPS) is 10.6. The molecule has 0 aliphatic carbocycles. The molecule has 1 N–H and O–H groups in total. The van der Waals surface area contributed by atoms with E-state index in [2.05, 4.69) is 35.4 Å². The number of para-hydroxylation sites is 1. The molecule has 5 nitrogen and oxygen atoms in total. The maximum absolute atomic E-state index is 12.3. The van der Waals surface area contributed by atoms with Gasteiger partial charge in [0.25, 0.3) is 0 Å². The summed E-state index contributed by atoms with van der Waals surface area (Å²) < 4.78 is 0.771. The first-order chi connectivity index (χ1) is 12.5. The minimum absolute atomic E-state index is 0.0282. The van der Waals surface area contributed by atoms with Gasteiger partial charge in [-0.05, 0) is 43.2 Å². The van der Waals surface area contributed by atoms with Crippen LogP contribution in [-0.2, 0) is 4.79 Å². The monoisotopic (exact) mass is 384 g/mol. The van der Waals surface area contributed by atoms with E-state index in [9.17, 15) is 4.79 Å². The van der Waals surface area contributed by atoms with Crippen LogP contribution in [0.15, 0.2) is 52.9 Å². The molecule has 134 valence electrons. The number of rotatable bonds is 6. The zero-order valence-electron chi connectivity index (χ0n) is 14.9. The van der Waals surface area contributed by atoms with E-state index in [1.165, 1.54) is 34.2 Å². The molecule has 3 rings (SSSR count). The number of benzene rings is 2. The van der Waals surface area contributed by atoms with Crippen LogP contribution in [0.1, 0.15) is 11.1 Å². The van der Waals surface area contributed by atoms with Crippen LogP contribution >= 0.6 is 23.1 Å². The zero-order chi connectivity index (χ0) is 18.5. The van der Waals surface area contributed by atoms with Crippen molar-refractivity contribution in [3.63, 3.8) is 0 Å². The summed E-state index contributed by atoms with van der Waals surface area (Å²) in [5, 5.41) is 12.4. The van der Waals surface area contributed by atoms with Crippen LogP contribution in [0.2, 0.25) is 0 Å². The van der Waals surface area contributed by atoms with Gasteiger partial charge in [-0.1, -0.05) is 53.4 Å². The van der Waals surface area contributed by atoms with E-state index in [-0.39, 0.29) is 5.91 Å². The summed E-state index contributed by atoms with van der Waals surface area (Å²) in [6, 6.07) is 15.7. The van der Waals surface area contributed by atoms with Crippen LogP contribution in [0.5, 0.6) is 0 Å². The first kappa shape index (κ1) is 18.4. The molecule has 0 saturated heterocycles. The van der Waals surface area contributed by atoms with Gasteiger partial charge in [-0.15, -0.1) is 10.2 Å². The van der Waals surface area contributed by atoms with Gasteiger partial charge in [-0.25, -0.2) is 0 Å². The summed E-state index contributed by atoms with van der Waals surface area (Å²) in [5.41, 5.74) is 4.32. The molecule has 0 radical (unpaired) electrons. The molecule has 0 fully saturated rings. The summed E-state index contributed by atoms with van der Waals surface area (Å²) in [4.78, 5) is 14.0. The molecular weight excluding hydrogens is 364 g/mol. The number of thioether (sulfide) groups is 1. The SMILES string of the molecule is Cc1cccc(Nc2nnc(SCC(=O)N(C)c3ccccc3)s2)c1C. The Balaban J connectivity index is 1.58. The van der Waals surface area contributed by atoms with Gasteiger partial charge < -0.3 is 10.2 Å². The van der Waals surface area contributed by atoms with Crippen molar-refractivity contribution in [3.05, 3.63) is 59.7 Å². The van der Waals surface area contributed by atoms with Crippen LogP contribution in [0, 0.1) is 13.8 Å². The quantitative estimate of drug-likeness (QED) is 0.627. The summed E-state index contributed by atoms with van der Waals surface area (Å²) in [6.45, 7) is 4.16. The molecule has 1 aromatic heterocycles. The molecule has 0 spiro atoms. The standard InChI is InChI=1S/C19H20N4OS2/c1-13-8-7-11-16(14(13)2)20-18-21-22-19(26-18)25-12-17(24)23(3)15-9-5-4-6-10-15/h4-11H,12H2,1-3H3,(H,20,21). The topological polar surface area (TPSA) is 58.1 Å². The van der Waals surface area contributed by atoms with Crippen LogP contribution in [0.4, 0.5) is 16.5 Å². The molecule has 3 aromatic rings. The lowest BCUT2D eigenvalue weighted by molar-refractivity contribution is -0.115. The third-order valence-corrected chi connectivity index (χ3v) is 6.05. The number of anilines is 3. The Kier molecular flexibility index (Phi) is 5.90. The number of nitrogens with zero attached hydrogens (tertiary/aromatic N) is 3. The van der Waals surface area contributed by atoms with Crippen molar-refractivity contribution in [1.82, 2.24) is 10.2 Å².